The van der Waals surface area contributed by atoms with E-state index in [1.807, 2.05) is 11.8 Å². The van der Waals surface area contributed by atoms with Crippen molar-refractivity contribution in [3.8, 4) is 0 Å². The van der Waals surface area contributed by atoms with Crippen molar-refractivity contribution in [2.45, 2.75) is 77.7 Å². The Morgan fingerprint density at radius 3 is 2.09 bits per heavy atom. The highest BCUT2D eigenvalue weighted by Gasteiger charge is 2.51. The van der Waals surface area contributed by atoms with Crippen LogP contribution in [0.25, 0.3) is 0 Å². The summed E-state index contributed by atoms with van der Waals surface area (Å²) in [6.07, 6.45) is 4.12. The minimum absolute atomic E-state index is 0.0351. The summed E-state index contributed by atoms with van der Waals surface area (Å²) >= 11 is 0. The Morgan fingerprint density at radius 2 is 1.67 bits per heavy atom. The fraction of sp³-hybridized carbons (Fsp3) is 0.484. The van der Waals surface area contributed by atoms with Crippen molar-refractivity contribution in [1.29, 1.82) is 5.41 Å². The van der Waals surface area contributed by atoms with Crippen LogP contribution < -0.4 is 22.7 Å². The Labute approximate surface area is 255 Å². The van der Waals surface area contributed by atoms with Gasteiger partial charge in [0.25, 0.3) is 11.6 Å². The van der Waals surface area contributed by atoms with Crippen molar-refractivity contribution in [3.63, 3.8) is 0 Å². The van der Waals surface area contributed by atoms with Gasteiger partial charge in [-0.2, -0.15) is 8.78 Å². The molecule has 1 fully saturated rings. The van der Waals surface area contributed by atoms with E-state index in [-0.39, 0.29) is 35.3 Å². The van der Waals surface area contributed by atoms with Crippen LogP contribution in [0, 0.1) is 23.7 Å². The number of aliphatic imine (C=N–C) groups is 1. The Kier molecular flexibility index (Phi) is 12.5. The lowest BCUT2D eigenvalue weighted by atomic mass is 9.69. The number of nitrogens with two attached hydrogens (primary N) is 3. The molecule has 0 radical (unpaired) electrons. The number of alkyl halides is 2. The molecule has 0 aromatic heterocycles. The van der Waals surface area contributed by atoms with Crippen LogP contribution in [0.3, 0.4) is 0 Å². The molecule has 0 bridgehead atoms. The van der Waals surface area contributed by atoms with E-state index in [9.17, 15) is 18.4 Å². The molecule has 43 heavy (non-hydrogen) atoms. The van der Waals surface area contributed by atoms with Gasteiger partial charge in [-0.1, -0.05) is 84.1 Å². The number of carbonyl (C=O) groups excluding carboxylic acids is 2. The largest absolute Gasteiger partial charge is 0.386 e. The van der Waals surface area contributed by atoms with Gasteiger partial charge >= 0.3 is 0 Å². The topological polar surface area (TPSA) is 164 Å². The van der Waals surface area contributed by atoms with Gasteiger partial charge in [0, 0.05) is 11.1 Å². The molecule has 9 nitrogen and oxygen atoms in total. The summed E-state index contributed by atoms with van der Waals surface area (Å²) in [5.41, 5.74) is 4.58. The van der Waals surface area contributed by atoms with Crippen LogP contribution in [-0.4, -0.2) is 41.0 Å². The Bertz CT molecular complexity index is 1270. The minimum Gasteiger partial charge on any atom is -0.386 e. The van der Waals surface area contributed by atoms with Crippen molar-refractivity contribution in [2.24, 2.45) is 33.7 Å². The molecule has 1 heterocycles. The molecule has 2 aromatic rings. The van der Waals surface area contributed by atoms with Crippen molar-refractivity contribution in [2.75, 3.05) is 6.54 Å². The highest BCUT2D eigenvalue weighted by atomic mass is 31.0. The number of rotatable bonds is 7. The summed E-state index contributed by atoms with van der Waals surface area (Å²) in [6.45, 7) is 11.1. The van der Waals surface area contributed by atoms with Gasteiger partial charge in [-0.05, 0) is 56.4 Å². The van der Waals surface area contributed by atoms with E-state index in [1.165, 1.54) is 17.7 Å². The second-order valence-corrected chi connectivity index (χ2v) is 12.8. The van der Waals surface area contributed by atoms with Crippen LogP contribution in [0.15, 0.2) is 53.5 Å². The van der Waals surface area contributed by atoms with Crippen LogP contribution in [0.2, 0.25) is 0 Å². The molecule has 1 aliphatic carbocycles. The van der Waals surface area contributed by atoms with Crippen LogP contribution in [-0.2, 0) is 15.3 Å². The predicted octanol–water partition coefficient (Wildman–Crippen LogP) is 4.73. The van der Waals surface area contributed by atoms with Crippen molar-refractivity contribution >= 4 is 33.1 Å². The SMILES string of the molecule is Cc1ccc(C(C)N2C(=O)C(c3ccc(C(F)(F)P)cc3)=NC23CCC(C(C)(C)C)CC3)cc1.N=C(N)CNC=O.NN. The lowest BCUT2D eigenvalue weighted by Gasteiger charge is -2.46. The molecule has 1 spiro atoms. The average Bonchev–Trinajstić information content (AvgIpc) is 3.23. The summed E-state index contributed by atoms with van der Waals surface area (Å²) in [4.78, 5) is 30.4. The first-order valence-electron chi connectivity index (χ1n) is 14.2. The Balaban J connectivity index is 0.000000631. The molecule has 1 aliphatic heterocycles. The third-order valence-corrected chi connectivity index (χ3v) is 8.40. The molecule has 1 saturated carbocycles. The van der Waals surface area contributed by atoms with E-state index in [0.717, 1.165) is 31.2 Å². The first-order valence-corrected chi connectivity index (χ1v) is 14.8. The first kappa shape index (κ1) is 35.9. The standard InChI is InChI=1S/C28H35F2N2OP.C3H7N3O.H4N2/c1-18-6-8-20(9-7-18)19(2)32-25(33)24(21-10-12-23(13-11-21)28(29,30)34)31-27(32)16-14-22(15-17-27)26(3,4)5;4-3(5)1-6-2-7;1-2/h6-13,19,22H,14-17,34H2,1-5H3;2H,1H2,(H3,4,5)(H,6,7);1-2H2. The number of hydrazine groups is 1. The van der Waals surface area contributed by atoms with Crippen molar-refractivity contribution in [1.82, 2.24) is 10.2 Å². The lowest BCUT2D eigenvalue weighted by molar-refractivity contribution is -0.133. The minimum atomic E-state index is -3.00. The number of halogens is 2. The molecule has 12 heteroatoms. The number of amides is 2. The maximum Gasteiger partial charge on any atom is 0.283 e. The van der Waals surface area contributed by atoms with Crippen molar-refractivity contribution < 1.29 is 18.4 Å². The lowest BCUT2D eigenvalue weighted by Crippen LogP contribution is -2.50. The maximum atomic E-state index is 13.9. The van der Waals surface area contributed by atoms with Gasteiger partial charge in [0.2, 0.25) is 6.41 Å². The highest BCUT2D eigenvalue weighted by molar-refractivity contribution is 7.17. The second kappa shape index (κ2) is 14.9. The molecule has 2 aromatic carbocycles. The van der Waals surface area contributed by atoms with Gasteiger partial charge in [-0.15, -0.1) is 0 Å². The molecule has 2 aliphatic rings. The fourth-order valence-corrected chi connectivity index (χ4v) is 5.82. The number of nitrogens with one attached hydrogen (secondary N) is 2. The van der Waals surface area contributed by atoms with E-state index in [1.54, 1.807) is 21.4 Å². The molecular formula is C31H46F2N7O2P. The highest BCUT2D eigenvalue weighted by Crippen LogP contribution is 2.49. The molecule has 2 atom stereocenters. The molecule has 2 amide bonds. The van der Waals surface area contributed by atoms with Gasteiger partial charge in [0.1, 0.15) is 17.2 Å². The second-order valence-electron chi connectivity index (χ2n) is 12.1. The zero-order valence-electron chi connectivity index (χ0n) is 25.7. The molecule has 236 valence electrons. The zero-order chi connectivity index (χ0) is 32.6. The van der Waals surface area contributed by atoms with Gasteiger partial charge in [-0.3, -0.25) is 31.7 Å². The number of amidine groups is 1. The van der Waals surface area contributed by atoms with E-state index < -0.39 is 11.3 Å². The Hall–Kier alpha value is -3.27. The van der Waals surface area contributed by atoms with Crippen molar-refractivity contribution in [3.05, 3.63) is 70.8 Å². The monoisotopic (exact) mass is 617 g/mol. The van der Waals surface area contributed by atoms with Crippen LogP contribution in [0.1, 0.15) is 81.7 Å². The smallest absolute Gasteiger partial charge is 0.283 e. The van der Waals surface area contributed by atoms with Crippen LogP contribution in [0.4, 0.5) is 8.78 Å². The van der Waals surface area contributed by atoms with E-state index in [4.69, 9.17) is 16.1 Å². The van der Waals surface area contributed by atoms with Gasteiger partial charge in [0.15, 0.2) is 0 Å². The average molecular weight is 618 g/mol. The summed E-state index contributed by atoms with van der Waals surface area (Å²) < 4.78 is 27.4. The van der Waals surface area contributed by atoms with Crippen LogP contribution >= 0.6 is 9.24 Å². The number of carbonyl (C=O) groups is 2. The summed E-state index contributed by atoms with van der Waals surface area (Å²) in [6, 6.07) is 14.1. The van der Waals surface area contributed by atoms with Crippen LogP contribution in [0.5, 0.6) is 0 Å². The normalized spacial score (nSPS) is 20.7. The van der Waals surface area contributed by atoms with E-state index in [0.29, 0.717) is 23.6 Å². The predicted molar refractivity (Wildman–Crippen MR) is 172 cm³/mol. The van der Waals surface area contributed by atoms with Gasteiger partial charge < -0.3 is 16.0 Å². The first-order chi connectivity index (χ1) is 20.1. The zero-order valence-corrected chi connectivity index (χ0v) is 26.8. The molecule has 8 N–H and O–H groups in total. The third kappa shape index (κ3) is 9.11. The molecular weight excluding hydrogens is 571 g/mol. The maximum absolute atomic E-state index is 13.9. The van der Waals surface area contributed by atoms with E-state index >= 15 is 0 Å². The number of benzene rings is 2. The van der Waals surface area contributed by atoms with E-state index in [2.05, 4.69) is 69.0 Å². The summed E-state index contributed by atoms with van der Waals surface area (Å²) in [5.74, 6) is 8.42. The Morgan fingerprint density at radius 1 is 1.14 bits per heavy atom. The number of nitrogens with zero attached hydrogens (tertiary/aromatic N) is 2. The quantitative estimate of drug-likeness (QED) is 0.0756. The molecule has 0 saturated heterocycles. The summed E-state index contributed by atoms with van der Waals surface area (Å²) in [7, 11) is 1.56. The molecule has 2 unspecified atom stereocenters. The molecule has 4 rings (SSSR count). The third-order valence-electron chi connectivity index (χ3n) is 8.07. The summed E-state index contributed by atoms with van der Waals surface area (Å²) in [5, 5.41) is 8.77. The fourth-order valence-electron chi connectivity index (χ4n) is 5.63. The van der Waals surface area contributed by atoms with Gasteiger partial charge in [0.05, 0.1) is 12.6 Å². The number of aryl methyl sites for hydroxylation is 1. The number of hydrogen-bond acceptors (Lipinski definition) is 6. The van der Waals surface area contributed by atoms with Gasteiger partial charge in [-0.25, -0.2) is 0 Å². The number of hydrogen-bond donors (Lipinski definition) is 5.